The van der Waals surface area contributed by atoms with E-state index in [0.29, 0.717) is 6.42 Å². The van der Waals surface area contributed by atoms with Crippen LogP contribution >= 0.6 is 0 Å². The summed E-state index contributed by atoms with van der Waals surface area (Å²) in [6.07, 6.45) is 3.13. The molecular formula is C14H19N5O. The van der Waals surface area contributed by atoms with Crippen LogP contribution in [0.1, 0.15) is 23.1 Å². The van der Waals surface area contributed by atoms with E-state index < -0.39 is 0 Å². The number of nitrogens with two attached hydrogens (primary N) is 1. The minimum absolute atomic E-state index is 0.0284. The summed E-state index contributed by atoms with van der Waals surface area (Å²) in [5, 5.41) is 4.09. The van der Waals surface area contributed by atoms with Gasteiger partial charge in [-0.1, -0.05) is 24.3 Å². The molecule has 2 unspecified atom stereocenters. The highest BCUT2D eigenvalue weighted by molar-refractivity contribution is 5.32. The number of hydrogen-bond acceptors (Lipinski definition) is 5. The van der Waals surface area contributed by atoms with E-state index in [1.807, 2.05) is 13.1 Å². The van der Waals surface area contributed by atoms with Gasteiger partial charge in [0.1, 0.15) is 12.2 Å². The Balaban J connectivity index is 1.85. The van der Waals surface area contributed by atoms with Crippen molar-refractivity contribution in [3.8, 4) is 0 Å². The van der Waals surface area contributed by atoms with Crippen molar-refractivity contribution in [2.24, 2.45) is 12.9 Å². The molecule has 0 bridgehead atoms. The monoisotopic (exact) mass is 273 g/mol. The van der Waals surface area contributed by atoms with Gasteiger partial charge >= 0.3 is 0 Å². The quantitative estimate of drug-likeness (QED) is 0.626. The molecular weight excluding hydrogens is 254 g/mol. The summed E-state index contributed by atoms with van der Waals surface area (Å²) in [6.45, 7) is 0.721. The summed E-state index contributed by atoms with van der Waals surface area (Å²) in [7, 11) is 1.88. The summed E-state index contributed by atoms with van der Waals surface area (Å²) >= 11 is 0. The normalized spacial score (nSPS) is 19.6. The summed E-state index contributed by atoms with van der Waals surface area (Å²) in [5.74, 6) is 6.63. The number of aromatic nitrogens is 3. The van der Waals surface area contributed by atoms with Crippen LogP contribution in [0.5, 0.6) is 0 Å². The summed E-state index contributed by atoms with van der Waals surface area (Å²) in [5.41, 5.74) is 5.42. The van der Waals surface area contributed by atoms with E-state index in [9.17, 15) is 0 Å². The fraction of sp³-hybridized carbons (Fsp3) is 0.429. The average molecular weight is 273 g/mol. The van der Waals surface area contributed by atoms with Crippen molar-refractivity contribution in [1.29, 1.82) is 0 Å². The molecule has 0 aliphatic carbocycles. The minimum Gasteiger partial charge on any atom is -0.371 e. The number of rotatable bonds is 4. The Labute approximate surface area is 117 Å². The first-order valence-corrected chi connectivity index (χ1v) is 6.78. The molecule has 20 heavy (non-hydrogen) atoms. The highest BCUT2D eigenvalue weighted by Crippen LogP contribution is 2.30. The topological polar surface area (TPSA) is 78.0 Å². The van der Waals surface area contributed by atoms with Crippen LogP contribution in [0, 0.1) is 0 Å². The van der Waals surface area contributed by atoms with E-state index in [4.69, 9.17) is 10.6 Å². The van der Waals surface area contributed by atoms with Gasteiger partial charge < -0.3 is 4.74 Å². The molecule has 6 nitrogen and oxygen atoms in total. The molecule has 1 aromatic heterocycles. The second kappa shape index (κ2) is 5.70. The van der Waals surface area contributed by atoms with Crippen LogP contribution in [-0.4, -0.2) is 27.4 Å². The van der Waals surface area contributed by atoms with Gasteiger partial charge in [0.25, 0.3) is 0 Å². The lowest BCUT2D eigenvalue weighted by molar-refractivity contribution is 0.0147. The third kappa shape index (κ3) is 2.45. The van der Waals surface area contributed by atoms with Gasteiger partial charge in [0, 0.05) is 13.5 Å². The Morgan fingerprint density at radius 3 is 3.10 bits per heavy atom. The van der Waals surface area contributed by atoms with E-state index in [1.165, 1.54) is 11.1 Å². The van der Waals surface area contributed by atoms with Crippen LogP contribution in [0.15, 0.2) is 30.6 Å². The van der Waals surface area contributed by atoms with Gasteiger partial charge in [0.15, 0.2) is 0 Å². The molecule has 2 heterocycles. The second-order valence-electron chi connectivity index (χ2n) is 5.02. The van der Waals surface area contributed by atoms with E-state index in [1.54, 1.807) is 11.0 Å². The minimum atomic E-state index is -0.0540. The first kappa shape index (κ1) is 13.2. The standard InChI is InChI=1S/C14H19N5O/c1-19-13(16-9-17-19)8-12(18-15)14-11-5-3-2-4-10(11)6-7-20-14/h2-5,9,12,14,18H,6-8,15H2,1H3. The SMILES string of the molecule is Cn1ncnc1CC(NN)C1OCCc2ccccc21. The van der Waals surface area contributed by atoms with Gasteiger partial charge in [0.05, 0.1) is 18.8 Å². The average Bonchev–Trinajstić information content (AvgIpc) is 2.89. The molecule has 0 saturated carbocycles. The van der Waals surface area contributed by atoms with Crippen molar-refractivity contribution >= 4 is 0 Å². The number of fused-ring (bicyclic) bond motifs is 1. The van der Waals surface area contributed by atoms with Crippen molar-refractivity contribution in [2.45, 2.75) is 25.0 Å². The van der Waals surface area contributed by atoms with Gasteiger partial charge in [-0.2, -0.15) is 5.10 Å². The van der Waals surface area contributed by atoms with Crippen molar-refractivity contribution in [3.05, 3.63) is 47.5 Å². The lowest BCUT2D eigenvalue weighted by Crippen LogP contribution is -2.44. The molecule has 3 rings (SSSR count). The Bertz CT molecular complexity index is 582. The molecule has 2 aromatic rings. The van der Waals surface area contributed by atoms with E-state index in [0.717, 1.165) is 18.9 Å². The number of benzene rings is 1. The number of hydrazine groups is 1. The van der Waals surface area contributed by atoms with Gasteiger partial charge in [-0.05, 0) is 17.5 Å². The maximum atomic E-state index is 5.95. The molecule has 3 N–H and O–H groups in total. The maximum absolute atomic E-state index is 5.95. The molecule has 0 amide bonds. The summed E-state index contributed by atoms with van der Waals surface area (Å²) in [4.78, 5) is 4.26. The number of nitrogens with one attached hydrogen (secondary N) is 1. The Kier molecular flexibility index (Phi) is 3.77. The van der Waals surface area contributed by atoms with Crippen molar-refractivity contribution in [2.75, 3.05) is 6.61 Å². The van der Waals surface area contributed by atoms with Crippen LogP contribution in [0.4, 0.5) is 0 Å². The first-order valence-electron chi connectivity index (χ1n) is 6.78. The number of aryl methyl sites for hydroxylation is 1. The highest BCUT2D eigenvalue weighted by Gasteiger charge is 2.29. The maximum Gasteiger partial charge on any atom is 0.138 e. The van der Waals surface area contributed by atoms with Crippen LogP contribution in [-0.2, 0) is 24.6 Å². The van der Waals surface area contributed by atoms with Crippen LogP contribution in [0.25, 0.3) is 0 Å². The predicted octanol–water partition coefficient (Wildman–Crippen LogP) is 0.504. The molecule has 1 aliphatic rings. The molecule has 0 spiro atoms. The van der Waals surface area contributed by atoms with Crippen LogP contribution < -0.4 is 11.3 Å². The third-order valence-electron chi connectivity index (χ3n) is 3.82. The lowest BCUT2D eigenvalue weighted by atomic mass is 9.92. The van der Waals surface area contributed by atoms with Crippen molar-refractivity contribution in [1.82, 2.24) is 20.2 Å². The molecule has 0 fully saturated rings. The third-order valence-corrected chi connectivity index (χ3v) is 3.82. The second-order valence-corrected chi connectivity index (χ2v) is 5.02. The first-order chi connectivity index (χ1) is 9.79. The smallest absolute Gasteiger partial charge is 0.138 e. The van der Waals surface area contributed by atoms with Crippen LogP contribution in [0.2, 0.25) is 0 Å². The molecule has 6 heteroatoms. The summed E-state index contributed by atoms with van der Waals surface area (Å²) in [6, 6.07) is 8.34. The predicted molar refractivity (Wildman–Crippen MR) is 74.7 cm³/mol. The fourth-order valence-corrected chi connectivity index (χ4v) is 2.71. The van der Waals surface area contributed by atoms with E-state index >= 15 is 0 Å². The van der Waals surface area contributed by atoms with Crippen molar-refractivity contribution in [3.63, 3.8) is 0 Å². The van der Waals surface area contributed by atoms with Gasteiger partial charge in [-0.3, -0.25) is 16.0 Å². The Morgan fingerprint density at radius 1 is 1.50 bits per heavy atom. The molecule has 1 aromatic carbocycles. The fourth-order valence-electron chi connectivity index (χ4n) is 2.71. The molecule has 0 saturated heterocycles. The lowest BCUT2D eigenvalue weighted by Gasteiger charge is -2.32. The van der Waals surface area contributed by atoms with Crippen LogP contribution in [0.3, 0.4) is 0 Å². The number of ether oxygens (including phenoxy) is 1. The van der Waals surface area contributed by atoms with Gasteiger partial charge in [-0.15, -0.1) is 0 Å². The van der Waals surface area contributed by atoms with Gasteiger partial charge in [0.2, 0.25) is 0 Å². The molecule has 1 aliphatic heterocycles. The number of nitrogens with zero attached hydrogens (tertiary/aromatic N) is 3. The van der Waals surface area contributed by atoms with Crippen molar-refractivity contribution < 1.29 is 4.74 Å². The molecule has 0 radical (unpaired) electrons. The Hall–Kier alpha value is -1.76. The number of hydrogen-bond donors (Lipinski definition) is 2. The van der Waals surface area contributed by atoms with Gasteiger partial charge in [-0.25, -0.2) is 4.98 Å². The highest BCUT2D eigenvalue weighted by atomic mass is 16.5. The largest absolute Gasteiger partial charge is 0.371 e. The zero-order valence-electron chi connectivity index (χ0n) is 11.5. The zero-order valence-corrected chi connectivity index (χ0v) is 11.5. The zero-order chi connectivity index (χ0) is 13.9. The molecule has 106 valence electrons. The van der Waals surface area contributed by atoms with E-state index in [2.05, 4.69) is 33.7 Å². The molecule has 2 atom stereocenters. The summed E-state index contributed by atoms with van der Waals surface area (Å²) < 4.78 is 7.71. The Morgan fingerprint density at radius 2 is 2.35 bits per heavy atom. The van der Waals surface area contributed by atoms with E-state index in [-0.39, 0.29) is 12.1 Å².